The van der Waals surface area contributed by atoms with Gasteiger partial charge in [-0.25, -0.2) is 18.1 Å². The van der Waals surface area contributed by atoms with Gasteiger partial charge in [0.25, 0.3) is 15.7 Å². The second-order valence-corrected chi connectivity index (χ2v) is 10.6. The molecule has 2 aliphatic rings. The minimum atomic E-state index is -5.59. The Morgan fingerprint density at radius 1 is 1.00 bits per heavy atom. The number of nitrogens with zero attached hydrogens (tertiary/aromatic N) is 3. The summed E-state index contributed by atoms with van der Waals surface area (Å²) in [6.45, 7) is -0.452. The number of sulfone groups is 1. The van der Waals surface area contributed by atoms with E-state index in [2.05, 4.69) is 10.3 Å². The van der Waals surface area contributed by atoms with Crippen molar-refractivity contribution in [2.75, 3.05) is 11.4 Å². The summed E-state index contributed by atoms with van der Waals surface area (Å²) in [5, 5.41) is 2.97. The van der Waals surface area contributed by atoms with E-state index < -0.39 is 50.7 Å². The van der Waals surface area contributed by atoms with Crippen LogP contribution in [0, 0.1) is 0 Å². The molecule has 1 aromatic heterocycles. The first kappa shape index (κ1) is 25.6. The molecule has 4 amide bonds. The van der Waals surface area contributed by atoms with Crippen LogP contribution < -0.4 is 10.2 Å². The maximum atomic E-state index is 13.3. The van der Waals surface area contributed by atoms with E-state index in [1.54, 1.807) is 12.1 Å². The Kier molecular flexibility index (Phi) is 7.03. The number of imide groups is 1. The summed E-state index contributed by atoms with van der Waals surface area (Å²) in [4.78, 5) is 44.1. The van der Waals surface area contributed by atoms with E-state index >= 15 is 0 Å². The molecule has 9 nitrogen and oxygen atoms in total. The van der Waals surface area contributed by atoms with E-state index in [0.717, 1.165) is 49.1 Å². The molecule has 1 saturated heterocycles. The molecule has 1 N–H and O–H groups in total. The Balaban J connectivity index is 1.61. The quantitative estimate of drug-likeness (QED) is 0.580. The number of pyridine rings is 1. The van der Waals surface area contributed by atoms with Gasteiger partial charge in [-0.2, -0.15) is 13.2 Å². The molecule has 2 heterocycles. The molecule has 2 aromatic rings. The van der Waals surface area contributed by atoms with Crippen molar-refractivity contribution in [1.82, 2.24) is 15.2 Å². The van der Waals surface area contributed by atoms with Gasteiger partial charge in [-0.1, -0.05) is 19.3 Å². The smallest absolute Gasteiger partial charge is 0.351 e. The summed E-state index contributed by atoms with van der Waals surface area (Å²) < 4.78 is 61.7. The summed E-state index contributed by atoms with van der Waals surface area (Å²) >= 11 is 0. The first-order valence-corrected chi connectivity index (χ1v) is 12.7. The largest absolute Gasteiger partial charge is 0.501 e. The molecule has 1 aliphatic heterocycles. The Morgan fingerprint density at radius 2 is 1.61 bits per heavy atom. The molecule has 0 bridgehead atoms. The summed E-state index contributed by atoms with van der Waals surface area (Å²) in [5.74, 6) is -1.17. The first-order valence-electron chi connectivity index (χ1n) is 11.3. The highest BCUT2D eigenvalue weighted by Crippen LogP contribution is 2.33. The molecule has 1 saturated carbocycles. The van der Waals surface area contributed by atoms with Crippen LogP contribution in [0.2, 0.25) is 0 Å². The van der Waals surface area contributed by atoms with Crippen LogP contribution >= 0.6 is 0 Å². The van der Waals surface area contributed by atoms with Gasteiger partial charge in [0.15, 0.2) is 0 Å². The number of hydrogen-bond donors (Lipinski definition) is 1. The Bertz CT molecular complexity index is 1250. The van der Waals surface area contributed by atoms with Gasteiger partial charge in [0.1, 0.15) is 12.6 Å². The average Bonchev–Trinajstić information content (AvgIpc) is 3.13. The lowest BCUT2D eigenvalue weighted by molar-refractivity contribution is -0.126. The van der Waals surface area contributed by atoms with Gasteiger partial charge in [-0.05, 0) is 54.8 Å². The Hall–Kier alpha value is -3.48. The highest BCUT2D eigenvalue weighted by molar-refractivity contribution is 7.92. The van der Waals surface area contributed by atoms with Crippen LogP contribution in [0.15, 0.2) is 53.7 Å². The predicted molar refractivity (Wildman–Crippen MR) is 121 cm³/mol. The zero-order chi connectivity index (χ0) is 26.1. The average molecular weight is 525 g/mol. The Morgan fingerprint density at radius 3 is 2.19 bits per heavy atom. The SMILES string of the molecule is O=C(NC1CCCCC1)C(c1ccncc1)N1CC(=O)N(c2ccc(S(=O)(=O)C(F)(F)F)cc2)C1=O. The zero-order valence-corrected chi connectivity index (χ0v) is 19.8. The Labute approximate surface area is 205 Å². The topological polar surface area (TPSA) is 117 Å². The van der Waals surface area contributed by atoms with E-state index in [0.29, 0.717) is 22.6 Å². The minimum absolute atomic E-state index is 0.0526. The van der Waals surface area contributed by atoms with Gasteiger partial charge >= 0.3 is 11.5 Å². The number of halogens is 3. The van der Waals surface area contributed by atoms with Gasteiger partial charge < -0.3 is 5.32 Å². The van der Waals surface area contributed by atoms with Crippen molar-refractivity contribution in [1.29, 1.82) is 0 Å². The van der Waals surface area contributed by atoms with Gasteiger partial charge in [-0.3, -0.25) is 19.5 Å². The molecule has 1 atom stereocenters. The van der Waals surface area contributed by atoms with Crippen molar-refractivity contribution in [2.24, 2.45) is 0 Å². The lowest BCUT2D eigenvalue weighted by atomic mass is 9.95. The highest BCUT2D eigenvalue weighted by atomic mass is 32.2. The highest BCUT2D eigenvalue weighted by Gasteiger charge is 2.47. The second kappa shape index (κ2) is 9.88. The molecule has 1 aromatic carbocycles. The van der Waals surface area contributed by atoms with Gasteiger partial charge in [0.2, 0.25) is 5.91 Å². The van der Waals surface area contributed by atoms with E-state index in [4.69, 9.17) is 0 Å². The van der Waals surface area contributed by atoms with Crippen LogP contribution in [0.3, 0.4) is 0 Å². The third kappa shape index (κ3) is 4.92. The summed E-state index contributed by atoms with van der Waals surface area (Å²) in [5.41, 5.74) is -5.17. The third-order valence-corrected chi connectivity index (χ3v) is 7.74. The van der Waals surface area contributed by atoms with E-state index in [9.17, 15) is 36.0 Å². The monoisotopic (exact) mass is 524 g/mol. The number of urea groups is 1. The maximum Gasteiger partial charge on any atom is 0.501 e. The third-order valence-electron chi connectivity index (χ3n) is 6.24. The van der Waals surface area contributed by atoms with Gasteiger partial charge in [0.05, 0.1) is 10.6 Å². The fourth-order valence-corrected chi connectivity index (χ4v) is 5.19. The number of benzene rings is 1. The normalized spacial score (nSPS) is 18.4. The fourth-order valence-electron chi connectivity index (χ4n) is 4.43. The van der Waals surface area contributed by atoms with Crippen molar-refractivity contribution in [3.63, 3.8) is 0 Å². The summed E-state index contributed by atoms with van der Waals surface area (Å²) in [6.07, 6.45) is 7.55. The molecule has 0 radical (unpaired) electrons. The van der Waals surface area contributed by atoms with Crippen LogP contribution in [0.4, 0.5) is 23.7 Å². The predicted octanol–water partition coefficient (Wildman–Crippen LogP) is 3.33. The number of rotatable bonds is 6. The van der Waals surface area contributed by atoms with Crippen molar-refractivity contribution >= 4 is 33.4 Å². The van der Waals surface area contributed by atoms with Crippen molar-refractivity contribution in [2.45, 2.75) is 54.6 Å². The fraction of sp³-hybridized carbons (Fsp3) is 0.391. The van der Waals surface area contributed by atoms with Crippen LogP contribution in [0.5, 0.6) is 0 Å². The summed E-state index contributed by atoms with van der Waals surface area (Å²) in [6, 6.07) is 4.32. The summed E-state index contributed by atoms with van der Waals surface area (Å²) in [7, 11) is -5.59. The molecular formula is C23H23F3N4O5S. The number of hydrogen-bond acceptors (Lipinski definition) is 6. The minimum Gasteiger partial charge on any atom is -0.351 e. The van der Waals surface area contributed by atoms with Crippen LogP contribution in [-0.2, 0) is 19.4 Å². The standard InChI is InChI=1S/C23H23F3N4O5S/c24-23(25,26)36(34,35)18-8-6-17(7-9-18)30-19(31)14-29(22(30)33)20(15-10-12-27-13-11-15)21(32)28-16-4-2-1-3-5-16/h6-13,16,20H,1-5,14H2,(H,28,32). The van der Waals surface area contributed by atoms with Gasteiger partial charge in [-0.15, -0.1) is 0 Å². The molecule has 192 valence electrons. The lowest BCUT2D eigenvalue weighted by Gasteiger charge is -2.30. The van der Waals surface area contributed by atoms with Crippen molar-refractivity contribution in [3.8, 4) is 0 Å². The molecule has 2 fully saturated rings. The number of carbonyl (C=O) groups is 3. The van der Waals surface area contributed by atoms with Crippen LogP contribution in [-0.4, -0.2) is 54.2 Å². The molecule has 0 spiro atoms. The number of alkyl halides is 3. The lowest BCUT2D eigenvalue weighted by Crippen LogP contribution is -2.46. The van der Waals surface area contributed by atoms with Crippen LogP contribution in [0.1, 0.15) is 43.7 Å². The van der Waals surface area contributed by atoms with Crippen LogP contribution in [0.25, 0.3) is 0 Å². The van der Waals surface area contributed by atoms with E-state index in [1.165, 1.54) is 12.4 Å². The number of amides is 4. The second-order valence-electron chi connectivity index (χ2n) is 8.61. The van der Waals surface area contributed by atoms with E-state index in [1.807, 2.05) is 0 Å². The zero-order valence-electron chi connectivity index (χ0n) is 18.9. The molecule has 1 aliphatic carbocycles. The maximum absolute atomic E-state index is 13.3. The van der Waals surface area contributed by atoms with Crippen molar-refractivity contribution in [3.05, 3.63) is 54.4 Å². The number of carbonyl (C=O) groups excluding carboxylic acids is 3. The molecular weight excluding hydrogens is 501 g/mol. The number of nitrogens with one attached hydrogen (secondary N) is 1. The first-order chi connectivity index (χ1) is 17.0. The number of aromatic nitrogens is 1. The molecule has 13 heteroatoms. The molecule has 36 heavy (non-hydrogen) atoms. The van der Waals surface area contributed by atoms with E-state index in [-0.39, 0.29) is 11.7 Å². The molecule has 4 rings (SSSR count). The van der Waals surface area contributed by atoms with Crippen molar-refractivity contribution < 1.29 is 36.0 Å². The van der Waals surface area contributed by atoms with Gasteiger partial charge in [0, 0.05) is 18.4 Å². The molecule has 1 unspecified atom stereocenters. The number of anilines is 1.